The van der Waals surface area contributed by atoms with E-state index in [1.807, 2.05) is 31.2 Å². The summed E-state index contributed by atoms with van der Waals surface area (Å²) in [6.45, 7) is 2.45. The number of Topliss-reactive ketones (excluding diaryl/α,β-unsaturated/α-hetero) is 1. The molecule has 1 aliphatic heterocycles. The zero-order valence-corrected chi connectivity index (χ0v) is 17.7. The third-order valence-electron chi connectivity index (χ3n) is 5.65. The molecule has 2 aliphatic rings. The number of ether oxygens (including phenoxy) is 1. The molecule has 1 heterocycles. The molecule has 0 spiro atoms. The molecule has 1 unspecified atom stereocenters. The van der Waals surface area contributed by atoms with Crippen LogP contribution in [0.1, 0.15) is 44.1 Å². The molecule has 31 heavy (non-hydrogen) atoms. The molecule has 0 aromatic heterocycles. The van der Waals surface area contributed by atoms with Crippen LogP contribution in [0.5, 0.6) is 5.75 Å². The van der Waals surface area contributed by atoms with E-state index in [-0.39, 0.29) is 40.4 Å². The summed E-state index contributed by atoms with van der Waals surface area (Å²) in [7, 11) is 0. The number of amides is 1. The first-order valence-electron chi connectivity index (χ1n) is 10.2. The van der Waals surface area contributed by atoms with E-state index in [1.54, 1.807) is 0 Å². The Morgan fingerprint density at radius 3 is 2.58 bits per heavy atom. The van der Waals surface area contributed by atoms with Crippen LogP contribution in [0.15, 0.2) is 53.7 Å². The molecule has 0 saturated carbocycles. The summed E-state index contributed by atoms with van der Waals surface area (Å²) >= 11 is 6.33. The van der Waals surface area contributed by atoms with E-state index in [9.17, 15) is 19.7 Å². The first-order chi connectivity index (χ1) is 14.9. The fraction of sp³-hybridized carbons (Fsp3) is 0.304. The Labute approximate surface area is 184 Å². The van der Waals surface area contributed by atoms with E-state index in [2.05, 4.69) is 0 Å². The minimum atomic E-state index is -0.529. The van der Waals surface area contributed by atoms with Gasteiger partial charge in [-0.25, -0.2) is 0 Å². The lowest BCUT2D eigenvalue weighted by Crippen LogP contribution is -2.40. The highest BCUT2D eigenvalue weighted by atomic mass is 35.5. The maximum atomic E-state index is 13.3. The highest BCUT2D eigenvalue weighted by Crippen LogP contribution is 2.45. The number of nitro benzene ring substituents is 1. The number of rotatable bonds is 5. The van der Waals surface area contributed by atoms with Crippen molar-refractivity contribution in [1.29, 1.82) is 0 Å². The number of hydrogen-bond acceptors (Lipinski definition) is 5. The average Bonchev–Trinajstić information content (AvgIpc) is 2.75. The van der Waals surface area contributed by atoms with Gasteiger partial charge in [0.15, 0.2) is 5.78 Å². The summed E-state index contributed by atoms with van der Waals surface area (Å²) in [6, 6.07) is 11.4. The fourth-order valence-corrected chi connectivity index (χ4v) is 4.51. The maximum absolute atomic E-state index is 13.3. The molecule has 1 amide bonds. The Bertz CT molecular complexity index is 1090. The fourth-order valence-electron chi connectivity index (χ4n) is 4.31. The normalized spacial score (nSPS) is 18.8. The van der Waals surface area contributed by atoms with Gasteiger partial charge in [0, 0.05) is 42.2 Å². The molecule has 2 aromatic rings. The number of nitro groups is 1. The molecule has 4 rings (SSSR count). The highest BCUT2D eigenvalue weighted by Gasteiger charge is 2.40. The molecular formula is C23H21ClN2O5. The number of halogens is 1. The van der Waals surface area contributed by atoms with Crippen molar-refractivity contribution >= 4 is 34.7 Å². The Morgan fingerprint density at radius 2 is 1.90 bits per heavy atom. The van der Waals surface area contributed by atoms with Crippen molar-refractivity contribution in [2.75, 3.05) is 11.5 Å². The van der Waals surface area contributed by atoms with Crippen LogP contribution in [0, 0.1) is 10.1 Å². The molecule has 1 aliphatic carbocycles. The minimum absolute atomic E-state index is 0.000752. The third kappa shape index (κ3) is 3.93. The summed E-state index contributed by atoms with van der Waals surface area (Å²) in [5.74, 6) is 0.121. The molecule has 0 fully saturated rings. The van der Waals surface area contributed by atoms with Crippen molar-refractivity contribution in [2.24, 2.45) is 0 Å². The Hall–Kier alpha value is -3.19. The lowest BCUT2D eigenvalue weighted by Gasteiger charge is -2.38. The predicted molar refractivity (Wildman–Crippen MR) is 116 cm³/mol. The molecule has 2 aromatic carbocycles. The summed E-state index contributed by atoms with van der Waals surface area (Å²) < 4.78 is 5.49. The Kier molecular flexibility index (Phi) is 5.78. The molecule has 8 heteroatoms. The zero-order valence-electron chi connectivity index (χ0n) is 17.0. The van der Waals surface area contributed by atoms with Crippen molar-refractivity contribution in [1.82, 2.24) is 0 Å². The predicted octanol–water partition coefficient (Wildman–Crippen LogP) is 5.17. The lowest BCUT2D eigenvalue weighted by atomic mass is 9.77. The molecule has 160 valence electrons. The van der Waals surface area contributed by atoms with Crippen LogP contribution in [0.25, 0.3) is 0 Å². The third-order valence-corrected chi connectivity index (χ3v) is 5.97. The van der Waals surface area contributed by atoms with Gasteiger partial charge >= 0.3 is 0 Å². The SMILES string of the molecule is CCOc1ccc(C2CC(=O)N(c3cc([N+](=O)[O-])ccc3Cl)C3=C2C(=O)CCC3)cc1. The molecular weight excluding hydrogens is 420 g/mol. The number of benzene rings is 2. The van der Waals surface area contributed by atoms with Crippen molar-refractivity contribution < 1.29 is 19.2 Å². The second kappa shape index (κ2) is 8.51. The van der Waals surface area contributed by atoms with Gasteiger partial charge < -0.3 is 4.74 Å². The smallest absolute Gasteiger partial charge is 0.271 e. The molecule has 7 nitrogen and oxygen atoms in total. The second-order valence-corrected chi connectivity index (χ2v) is 7.93. The van der Waals surface area contributed by atoms with Crippen LogP contribution >= 0.6 is 11.6 Å². The molecule has 0 bridgehead atoms. The van der Waals surface area contributed by atoms with Crippen LogP contribution < -0.4 is 9.64 Å². The average molecular weight is 441 g/mol. The summed E-state index contributed by atoms with van der Waals surface area (Å²) in [4.78, 5) is 38.4. The summed E-state index contributed by atoms with van der Waals surface area (Å²) in [6.07, 6.45) is 1.64. The van der Waals surface area contributed by atoms with Crippen LogP contribution in [-0.2, 0) is 9.59 Å². The molecule has 0 saturated heterocycles. The van der Waals surface area contributed by atoms with E-state index in [4.69, 9.17) is 16.3 Å². The first-order valence-corrected chi connectivity index (χ1v) is 10.5. The van der Waals surface area contributed by atoms with E-state index in [0.29, 0.717) is 37.1 Å². The van der Waals surface area contributed by atoms with Gasteiger partial charge in [0.2, 0.25) is 5.91 Å². The number of carbonyl (C=O) groups is 2. The number of anilines is 1. The van der Waals surface area contributed by atoms with Gasteiger partial charge in [-0.05, 0) is 43.5 Å². The number of ketones is 1. The van der Waals surface area contributed by atoms with Crippen molar-refractivity contribution in [3.8, 4) is 5.75 Å². The second-order valence-electron chi connectivity index (χ2n) is 7.52. The van der Waals surface area contributed by atoms with Gasteiger partial charge in [0.05, 0.1) is 22.2 Å². The topological polar surface area (TPSA) is 89.8 Å². The summed E-state index contributed by atoms with van der Waals surface area (Å²) in [5.41, 5.74) is 2.13. The largest absolute Gasteiger partial charge is 0.494 e. The van der Waals surface area contributed by atoms with Gasteiger partial charge in [0.1, 0.15) is 5.75 Å². The van der Waals surface area contributed by atoms with Crippen LogP contribution in [0.3, 0.4) is 0 Å². The molecule has 0 N–H and O–H groups in total. The summed E-state index contributed by atoms with van der Waals surface area (Å²) in [5, 5.41) is 11.5. The van der Waals surface area contributed by atoms with E-state index in [1.165, 1.54) is 23.1 Å². The monoisotopic (exact) mass is 440 g/mol. The number of carbonyl (C=O) groups excluding carboxylic acids is 2. The zero-order chi connectivity index (χ0) is 22.1. The van der Waals surface area contributed by atoms with Gasteiger partial charge in [-0.2, -0.15) is 0 Å². The lowest BCUT2D eigenvalue weighted by molar-refractivity contribution is -0.384. The molecule has 1 atom stereocenters. The van der Waals surface area contributed by atoms with E-state index >= 15 is 0 Å². The Morgan fingerprint density at radius 1 is 1.16 bits per heavy atom. The van der Waals surface area contributed by atoms with Gasteiger partial charge in [0.25, 0.3) is 5.69 Å². The van der Waals surface area contributed by atoms with Crippen LogP contribution in [0.4, 0.5) is 11.4 Å². The van der Waals surface area contributed by atoms with Crippen molar-refractivity contribution in [3.63, 3.8) is 0 Å². The first kappa shape index (κ1) is 21.1. The number of allylic oxidation sites excluding steroid dienone is 2. The Balaban J connectivity index is 1.82. The van der Waals surface area contributed by atoms with Crippen LogP contribution in [-0.4, -0.2) is 23.2 Å². The van der Waals surface area contributed by atoms with Gasteiger partial charge in [-0.15, -0.1) is 0 Å². The highest BCUT2D eigenvalue weighted by molar-refractivity contribution is 6.34. The quantitative estimate of drug-likeness (QED) is 0.472. The number of nitrogens with zero attached hydrogens (tertiary/aromatic N) is 2. The van der Waals surface area contributed by atoms with Crippen LogP contribution in [0.2, 0.25) is 5.02 Å². The van der Waals surface area contributed by atoms with E-state index in [0.717, 1.165) is 11.3 Å². The number of hydrogen-bond donors (Lipinski definition) is 0. The van der Waals surface area contributed by atoms with Gasteiger partial charge in [-0.1, -0.05) is 23.7 Å². The maximum Gasteiger partial charge on any atom is 0.271 e. The number of non-ortho nitro benzene ring substituents is 1. The van der Waals surface area contributed by atoms with Crippen molar-refractivity contribution in [3.05, 3.63) is 74.4 Å². The minimum Gasteiger partial charge on any atom is -0.494 e. The van der Waals surface area contributed by atoms with Crippen molar-refractivity contribution in [2.45, 2.75) is 38.5 Å². The standard InChI is InChI=1S/C23H21ClN2O5/c1-2-31-16-9-6-14(7-10-16)17-13-22(28)25(19-4-3-5-21(27)23(17)19)20-12-15(26(29)30)8-11-18(20)24/h6-12,17H,2-5,13H2,1H3. The van der Waals surface area contributed by atoms with Gasteiger partial charge in [-0.3, -0.25) is 24.6 Å². The van der Waals surface area contributed by atoms with E-state index < -0.39 is 4.92 Å². The molecule has 0 radical (unpaired) electrons.